The van der Waals surface area contributed by atoms with E-state index in [1.807, 2.05) is 0 Å². The second kappa shape index (κ2) is 8.55. The molecule has 28 heavy (non-hydrogen) atoms. The molecule has 0 amide bonds. The van der Waals surface area contributed by atoms with E-state index in [2.05, 4.69) is 14.6 Å². The monoisotopic (exact) mass is 414 g/mol. The Labute approximate surface area is 162 Å². The molecule has 0 unspecified atom stereocenters. The molecule has 3 rings (SSSR count). The van der Waals surface area contributed by atoms with E-state index in [9.17, 15) is 18.0 Å². The van der Waals surface area contributed by atoms with Gasteiger partial charge in [0.2, 0.25) is 10.0 Å². The van der Waals surface area contributed by atoms with Crippen LogP contribution in [0.2, 0.25) is 0 Å². The third kappa shape index (κ3) is 4.51. The Morgan fingerprint density at radius 3 is 2.57 bits per heavy atom. The van der Waals surface area contributed by atoms with Gasteiger partial charge >= 0.3 is 5.69 Å². The van der Waals surface area contributed by atoms with Gasteiger partial charge in [-0.05, 0) is 6.42 Å². The number of ether oxygens (including phenoxy) is 1. The minimum absolute atomic E-state index is 0.0453. The number of morpholine rings is 1. The average molecular weight is 414 g/mol. The molecular formula is C16H26N6O5S. The van der Waals surface area contributed by atoms with E-state index in [0.29, 0.717) is 43.9 Å². The van der Waals surface area contributed by atoms with Gasteiger partial charge in [-0.15, -0.1) is 0 Å². The van der Waals surface area contributed by atoms with Gasteiger partial charge in [0.15, 0.2) is 11.2 Å². The van der Waals surface area contributed by atoms with Crippen LogP contribution in [0, 0.1) is 0 Å². The van der Waals surface area contributed by atoms with Gasteiger partial charge in [-0.3, -0.25) is 18.8 Å². The summed E-state index contributed by atoms with van der Waals surface area (Å²) in [6.07, 6.45) is 1.99. The van der Waals surface area contributed by atoms with Gasteiger partial charge in [-0.1, -0.05) is 0 Å². The van der Waals surface area contributed by atoms with Crippen LogP contribution in [-0.2, 0) is 35.4 Å². The molecule has 0 aliphatic carbocycles. The molecule has 2 aromatic rings. The molecule has 0 aromatic carbocycles. The Hall–Kier alpha value is -2.02. The number of hydrogen-bond acceptors (Lipinski definition) is 7. The number of nitrogens with one attached hydrogen (secondary N) is 1. The molecule has 1 fully saturated rings. The van der Waals surface area contributed by atoms with Gasteiger partial charge in [0.25, 0.3) is 5.56 Å². The molecule has 156 valence electrons. The van der Waals surface area contributed by atoms with Gasteiger partial charge in [0.1, 0.15) is 0 Å². The Morgan fingerprint density at radius 1 is 1.14 bits per heavy atom. The predicted molar refractivity (Wildman–Crippen MR) is 104 cm³/mol. The van der Waals surface area contributed by atoms with Crippen molar-refractivity contribution in [3.63, 3.8) is 0 Å². The number of aryl methyl sites for hydroxylation is 2. The normalized spacial score (nSPS) is 16.1. The summed E-state index contributed by atoms with van der Waals surface area (Å²) in [5, 5.41) is 0. The smallest absolute Gasteiger partial charge is 0.332 e. The SMILES string of the molecule is Cn1c(=O)c2c(ncn2CCCNS(=O)(=O)CCN2CCOCC2)n(C)c1=O. The molecule has 0 radical (unpaired) electrons. The molecule has 0 atom stereocenters. The number of aromatic nitrogens is 4. The highest BCUT2D eigenvalue weighted by molar-refractivity contribution is 7.89. The van der Waals surface area contributed by atoms with Crippen LogP contribution in [0.4, 0.5) is 0 Å². The van der Waals surface area contributed by atoms with Crippen LogP contribution < -0.4 is 16.0 Å². The molecule has 1 saturated heterocycles. The lowest BCUT2D eigenvalue weighted by molar-refractivity contribution is 0.0408. The van der Waals surface area contributed by atoms with Gasteiger partial charge in [-0.2, -0.15) is 0 Å². The molecule has 0 bridgehead atoms. The average Bonchev–Trinajstić information content (AvgIpc) is 3.11. The van der Waals surface area contributed by atoms with Crippen molar-refractivity contribution in [3.8, 4) is 0 Å². The van der Waals surface area contributed by atoms with Crippen molar-refractivity contribution >= 4 is 21.2 Å². The van der Waals surface area contributed by atoms with Crippen LogP contribution in [0.5, 0.6) is 0 Å². The zero-order valence-electron chi connectivity index (χ0n) is 16.1. The predicted octanol–water partition coefficient (Wildman–Crippen LogP) is -1.92. The summed E-state index contributed by atoms with van der Waals surface area (Å²) in [5.74, 6) is 0.0453. The summed E-state index contributed by atoms with van der Waals surface area (Å²) >= 11 is 0. The summed E-state index contributed by atoms with van der Waals surface area (Å²) in [5.41, 5.74) is -0.198. The Kier molecular flexibility index (Phi) is 6.33. The van der Waals surface area contributed by atoms with E-state index in [1.165, 1.54) is 17.9 Å². The van der Waals surface area contributed by atoms with Crippen molar-refractivity contribution in [2.24, 2.45) is 14.1 Å². The quantitative estimate of drug-likeness (QED) is 0.500. The summed E-state index contributed by atoms with van der Waals surface area (Å²) in [7, 11) is -0.380. The number of rotatable bonds is 8. The molecular weight excluding hydrogens is 388 g/mol. The van der Waals surface area contributed by atoms with Gasteiger partial charge in [-0.25, -0.2) is 22.9 Å². The fourth-order valence-corrected chi connectivity index (χ4v) is 4.29. The maximum atomic E-state index is 12.4. The molecule has 1 aliphatic heterocycles. The second-order valence-electron chi connectivity index (χ2n) is 6.84. The van der Waals surface area contributed by atoms with Crippen molar-refractivity contribution < 1.29 is 13.2 Å². The number of fused-ring (bicyclic) bond motifs is 1. The van der Waals surface area contributed by atoms with Crippen LogP contribution in [0.3, 0.4) is 0 Å². The Bertz CT molecular complexity index is 1050. The maximum absolute atomic E-state index is 12.4. The van der Waals surface area contributed by atoms with Crippen molar-refractivity contribution in [2.75, 3.05) is 45.1 Å². The van der Waals surface area contributed by atoms with Gasteiger partial charge in [0, 0.05) is 46.8 Å². The lowest BCUT2D eigenvalue weighted by Gasteiger charge is -2.26. The molecule has 1 aliphatic rings. The molecule has 3 heterocycles. The highest BCUT2D eigenvalue weighted by Gasteiger charge is 2.16. The molecule has 1 N–H and O–H groups in total. The first kappa shape index (κ1) is 20.7. The van der Waals surface area contributed by atoms with Gasteiger partial charge < -0.3 is 9.30 Å². The summed E-state index contributed by atoms with van der Waals surface area (Å²) in [4.78, 5) is 30.5. The highest BCUT2D eigenvalue weighted by atomic mass is 32.2. The van der Waals surface area contributed by atoms with Crippen molar-refractivity contribution in [2.45, 2.75) is 13.0 Å². The van der Waals surface area contributed by atoms with Crippen molar-refractivity contribution in [1.82, 2.24) is 28.3 Å². The van der Waals surface area contributed by atoms with Crippen molar-refractivity contribution in [3.05, 3.63) is 27.2 Å². The van der Waals surface area contributed by atoms with E-state index in [4.69, 9.17) is 4.74 Å². The first-order chi connectivity index (χ1) is 13.3. The fourth-order valence-electron chi connectivity index (χ4n) is 3.19. The molecule has 0 saturated carbocycles. The fraction of sp³-hybridized carbons (Fsp3) is 0.688. The van der Waals surface area contributed by atoms with E-state index in [-0.39, 0.29) is 12.3 Å². The summed E-state index contributed by atoms with van der Waals surface area (Å²) in [6.45, 7) is 3.93. The van der Waals surface area contributed by atoms with E-state index < -0.39 is 21.3 Å². The molecule has 2 aromatic heterocycles. The third-order valence-corrected chi connectivity index (χ3v) is 6.26. The van der Waals surface area contributed by atoms with Crippen LogP contribution in [0.1, 0.15) is 6.42 Å². The van der Waals surface area contributed by atoms with E-state index in [1.54, 1.807) is 11.6 Å². The van der Waals surface area contributed by atoms with Crippen LogP contribution in [-0.4, -0.2) is 77.1 Å². The number of hydrogen-bond donors (Lipinski definition) is 1. The maximum Gasteiger partial charge on any atom is 0.332 e. The third-order valence-electron chi connectivity index (χ3n) is 4.89. The van der Waals surface area contributed by atoms with E-state index >= 15 is 0 Å². The second-order valence-corrected chi connectivity index (χ2v) is 8.76. The minimum Gasteiger partial charge on any atom is -0.379 e. The molecule has 0 spiro atoms. The zero-order chi connectivity index (χ0) is 20.3. The minimum atomic E-state index is -3.36. The van der Waals surface area contributed by atoms with E-state index in [0.717, 1.165) is 17.7 Å². The van der Waals surface area contributed by atoms with Crippen LogP contribution in [0.15, 0.2) is 15.9 Å². The highest BCUT2D eigenvalue weighted by Crippen LogP contribution is 2.06. The van der Waals surface area contributed by atoms with Crippen LogP contribution >= 0.6 is 0 Å². The van der Waals surface area contributed by atoms with Crippen LogP contribution in [0.25, 0.3) is 11.2 Å². The Morgan fingerprint density at radius 2 is 1.86 bits per heavy atom. The lowest BCUT2D eigenvalue weighted by atomic mass is 10.4. The van der Waals surface area contributed by atoms with Gasteiger partial charge in [0.05, 0.1) is 25.3 Å². The Balaban J connectivity index is 1.55. The summed E-state index contributed by atoms with van der Waals surface area (Å²) < 4.78 is 36.2. The number of sulfonamides is 1. The molecule has 12 heteroatoms. The first-order valence-electron chi connectivity index (χ1n) is 9.18. The van der Waals surface area contributed by atoms with Crippen molar-refractivity contribution in [1.29, 1.82) is 0 Å². The largest absolute Gasteiger partial charge is 0.379 e. The number of imidazole rings is 1. The molecule has 11 nitrogen and oxygen atoms in total. The zero-order valence-corrected chi connectivity index (χ0v) is 16.9. The lowest BCUT2D eigenvalue weighted by Crippen LogP contribution is -2.41. The summed E-state index contributed by atoms with van der Waals surface area (Å²) in [6, 6.07) is 0. The first-order valence-corrected chi connectivity index (χ1v) is 10.8. The standard InChI is InChI=1S/C16H26N6O5S/c1-19-14-13(15(23)20(2)16(19)24)22(12-17-14)5-3-4-18-28(25,26)11-8-21-6-9-27-10-7-21/h12,18H,3-11H2,1-2H3. The topological polar surface area (TPSA) is 120 Å². The number of nitrogens with zero attached hydrogens (tertiary/aromatic N) is 5.